The number of hydrogen-bond acceptors (Lipinski definition) is 0. The summed E-state index contributed by atoms with van der Waals surface area (Å²) >= 11 is 0. The molecule has 0 heterocycles. The van der Waals surface area contributed by atoms with E-state index in [1.165, 1.54) is 22.3 Å². The molecule has 0 aliphatic heterocycles. The fraction of sp³-hybridized carbons (Fsp3) is 0.721. The zero-order chi connectivity index (χ0) is 33.9. The zero-order valence-corrected chi connectivity index (χ0v) is 32.9. The third-order valence-corrected chi connectivity index (χ3v) is 8.94. The Kier molecular flexibility index (Phi) is 10.2. The van der Waals surface area contributed by atoms with Crippen LogP contribution in [0.25, 0.3) is 0 Å². The van der Waals surface area contributed by atoms with Crippen LogP contribution in [-0.4, -0.2) is 0 Å². The van der Waals surface area contributed by atoms with E-state index >= 15 is 0 Å². The lowest BCUT2D eigenvalue weighted by atomic mass is 9.63. The molecule has 0 amide bonds. The minimum Gasteiger partial charge on any atom is -0.0561 e. The average Bonchev–Trinajstić information content (AvgIpc) is 2.73. The Morgan fingerprint density at radius 2 is 0.651 bits per heavy atom. The van der Waals surface area contributed by atoms with Crippen LogP contribution < -0.4 is 0 Å². The molecule has 2 aromatic carbocycles. The van der Waals surface area contributed by atoms with Gasteiger partial charge >= 0.3 is 0 Å². The Bertz CT molecular complexity index is 1240. The van der Waals surface area contributed by atoms with Crippen LogP contribution in [0.5, 0.6) is 0 Å². The van der Waals surface area contributed by atoms with Crippen molar-refractivity contribution in [2.75, 3.05) is 0 Å². The third kappa shape index (κ3) is 8.79. The molecule has 0 saturated carbocycles. The van der Waals surface area contributed by atoms with Crippen LogP contribution in [0, 0.1) is 0 Å². The van der Waals surface area contributed by atoms with Crippen LogP contribution in [0.15, 0.2) is 18.2 Å². The number of hydrogen-bond donors (Lipinski definition) is 0. The van der Waals surface area contributed by atoms with Gasteiger partial charge in [0.25, 0.3) is 0 Å². The predicted molar refractivity (Wildman–Crippen MR) is 196 cm³/mol. The Hall–Kier alpha value is -1.56. The monoisotopic (exact) mass is 589 g/mol. The topological polar surface area (TPSA) is 0 Å². The van der Waals surface area contributed by atoms with Gasteiger partial charge in [-0.05, 0) is 107 Å². The molecule has 0 bridgehead atoms. The second-order valence-electron chi connectivity index (χ2n) is 20.9. The Labute approximate surface area is 270 Å². The molecular formula is C43H72. The average molecular weight is 589 g/mol. The van der Waals surface area contributed by atoms with Crippen LogP contribution in [0.2, 0.25) is 0 Å². The van der Waals surface area contributed by atoms with Crippen LogP contribution in [0.3, 0.4) is 0 Å². The maximum absolute atomic E-state index is 2.63. The highest BCUT2D eigenvalue weighted by atomic mass is 14.4. The summed E-state index contributed by atoms with van der Waals surface area (Å²) in [5.41, 5.74) is 14.5. The maximum atomic E-state index is 2.63. The molecule has 0 saturated heterocycles. The van der Waals surface area contributed by atoms with Gasteiger partial charge in [-0.3, -0.25) is 0 Å². The van der Waals surface area contributed by atoms with Gasteiger partial charge in [0, 0.05) is 0 Å². The minimum absolute atomic E-state index is 0.0627. The van der Waals surface area contributed by atoms with Gasteiger partial charge in [0.15, 0.2) is 0 Å². The molecule has 0 N–H and O–H groups in total. The van der Waals surface area contributed by atoms with E-state index in [1.807, 2.05) is 0 Å². The van der Waals surface area contributed by atoms with E-state index in [4.69, 9.17) is 0 Å². The molecule has 0 radical (unpaired) electrons. The molecular weight excluding hydrogens is 516 g/mol. The summed E-state index contributed by atoms with van der Waals surface area (Å²) in [6.45, 7) is 50.6. The van der Waals surface area contributed by atoms with Crippen molar-refractivity contribution in [2.45, 2.75) is 203 Å². The highest BCUT2D eigenvalue weighted by molar-refractivity contribution is 5.57. The van der Waals surface area contributed by atoms with E-state index in [0.717, 1.165) is 19.3 Å². The van der Waals surface area contributed by atoms with E-state index in [2.05, 4.69) is 164 Å². The quantitative estimate of drug-likeness (QED) is 0.333. The lowest BCUT2D eigenvalue weighted by molar-refractivity contribution is 0.473. The first-order valence-corrected chi connectivity index (χ1v) is 17.2. The summed E-state index contributed by atoms with van der Waals surface area (Å²) < 4.78 is 0. The summed E-state index contributed by atoms with van der Waals surface area (Å²) in [6.07, 6.45) is 3.38. The molecule has 0 spiro atoms. The number of benzene rings is 2. The molecule has 0 heteroatoms. The molecule has 0 aromatic heterocycles. The van der Waals surface area contributed by atoms with Crippen molar-refractivity contribution in [3.05, 3.63) is 68.3 Å². The van der Waals surface area contributed by atoms with Crippen LogP contribution in [-0.2, 0) is 50.7 Å². The fourth-order valence-corrected chi connectivity index (χ4v) is 7.23. The minimum atomic E-state index is 0.0627. The fourth-order valence-electron chi connectivity index (χ4n) is 7.23. The lowest BCUT2D eigenvalue weighted by Crippen LogP contribution is -2.33. The van der Waals surface area contributed by atoms with Gasteiger partial charge in [0.2, 0.25) is 0 Å². The molecule has 0 fully saturated rings. The van der Waals surface area contributed by atoms with Crippen molar-refractivity contribution in [1.29, 1.82) is 0 Å². The van der Waals surface area contributed by atoms with E-state index in [-0.39, 0.29) is 37.9 Å². The molecule has 0 aliphatic carbocycles. The summed E-state index contributed by atoms with van der Waals surface area (Å²) in [6, 6.07) is 7.75. The Morgan fingerprint density at radius 1 is 0.326 bits per heavy atom. The van der Waals surface area contributed by atoms with Crippen molar-refractivity contribution in [3.8, 4) is 0 Å². The Morgan fingerprint density at radius 3 is 0.953 bits per heavy atom. The first-order chi connectivity index (χ1) is 18.8. The second-order valence-corrected chi connectivity index (χ2v) is 20.9. The third-order valence-electron chi connectivity index (χ3n) is 8.94. The van der Waals surface area contributed by atoms with Gasteiger partial charge in [0.1, 0.15) is 0 Å². The van der Waals surface area contributed by atoms with Gasteiger partial charge < -0.3 is 0 Å². The molecule has 43 heavy (non-hydrogen) atoms. The molecule has 0 unspecified atom stereocenters. The summed E-state index contributed by atoms with van der Waals surface area (Å²) in [5, 5.41) is 0. The largest absolute Gasteiger partial charge is 0.0561 e. The van der Waals surface area contributed by atoms with E-state index in [9.17, 15) is 0 Å². The predicted octanol–water partition coefficient (Wildman–Crippen LogP) is 12.9. The summed E-state index contributed by atoms with van der Waals surface area (Å²) in [5.74, 6) is 0. The number of rotatable bonds is 4. The SMILES string of the molecule is CC(C)(C)c1cc(CCCc2cc(C(C)(C)C)c(C(C)(C)C)c(C(C)(C)C)c2C(C)(C)C)cc(C(C)(C)C)c1C(C)(C)C. The standard InChI is InChI=1S/C43H72/c1-37(2,3)30-25-28(26-31(38(4,5)6)34(30)41(13,14)15)23-22-24-29-27-32(39(7,8)9)35(42(16,17)18)36(43(19,20)21)33(29)40(10,11)12/h25-27H,22-24H2,1-21H3. The van der Waals surface area contributed by atoms with Gasteiger partial charge in [-0.2, -0.15) is 0 Å². The normalized spacial score (nSPS) is 14.4. The Balaban J connectivity index is 2.81. The molecule has 0 atom stereocenters. The first-order valence-electron chi connectivity index (χ1n) is 17.2. The van der Waals surface area contributed by atoms with E-state index < -0.39 is 0 Å². The van der Waals surface area contributed by atoms with Crippen LogP contribution >= 0.6 is 0 Å². The van der Waals surface area contributed by atoms with Gasteiger partial charge in [-0.25, -0.2) is 0 Å². The van der Waals surface area contributed by atoms with Crippen molar-refractivity contribution in [1.82, 2.24) is 0 Å². The zero-order valence-electron chi connectivity index (χ0n) is 32.9. The van der Waals surface area contributed by atoms with Gasteiger partial charge in [-0.1, -0.05) is 164 Å². The second kappa shape index (κ2) is 11.7. The molecule has 0 aliphatic rings. The van der Waals surface area contributed by atoms with Gasteiger partial charge in [-0.15, -0.1) is 0 Å². The highest BCUT2D eigenvalue weighted by Gasteiger charge is 2.38. The van der Waals surface area contributed by atoms with Crippen molar-refractivity contribution >= 4 is 0 Å². The van der Waals surface area contributed by atoms with E-state index in [1.54, 1.807) is 27.8 Å². The van der Waals surface area contributed by atoms with Crippen LogP contribution in [0.1, 0.15) is 202 Å². The molecule has 0 nitrogen and oxygen atoms in total. The maximum Gasteiger partial charge on any atom is -0.0126 e. The van der Waals surface area contributed by atoms with Crippen molar-refractivity contribution in [2.24, 2.45) is 0 Å². The molecule has 2 rings (SSSR count). The van der Waals surface area contributed by atoms with Crippen molar-refractivity contribution in [3.63, 3.8) is 0 Å². The first kappa shape index (κ1) is 37.6. The summed E-state index contributed by atoms with van der Waals surface area (Å²) in [4.78, 5) is 0. The molecule has 2 aromatic rings. The lowest BCUT2D eigenvalue weighted by Gasteiger charge is -2.42. The smallest absolute Gasteiger partial charge is 0.0126 e. The molecule has 244 valence electrons. The summed E-state index contributed by atoms with van der Waals surface area (Å²) in [7, 11) is 0. The van der Waals surface area contributed by atoms with E-state index in [0.29, 0.717) is 0 Å². The van der Waals surface area contributed by atoms with Crippen molar-refractivity contribution < 1.29 is 0 Å². The van der Waals surface area contributed by atoms with Crippen LogP contribution in [0.4, 0.5) is 0 Å². The number of aryl methyl sites for hydroxylation is 2. The van der Waals surface area contributed by atoms with Gasteiger partial charge in [0.05, 0.1) is 0 Å². The highest BCUT2D eigenvalue weighted by Crippen LogP contribution is 2.47.